The highest BCUT2D eigenvalue weighted by Gasteiger charge is 2.07. The highest BCUT2D eigenvalue weighted by Crippen LogP contribution is 2.26. The fourth-order valence-electron chi connectivity index (χ4n) is 1.45. The number of nitrogen functional groups attached to an aromatic ring is 1. The van der Waals surface area contributed by atoms with Gasteiger partial charge in [0.2, 0.25) is 11.8 Å². The van der Waals surface area contributed by atoms with E-state index in [1.54, 1.807) is 13.0 Å². The minimum atomic E-state index is -0.726. The molecule has 4 nitrogen and oxygen atoms in total. The van der Waals surface area contributed by atoms with Crippen molar-refractivity contribution in [2.75, 3.05) is 12.3 Å². The highest BCUT2D eigenvalue weighted by molar-refractivity contribution is 5.49. The van der Waals surface area contributed by atoms with E-state index in [9.17, 15) is 8.78 Å². The van der Waals surface area contributed by atoms with Gasteiger partial charge in [0, 0.05) is 24.3 Å². The fourth-order valence-corrected chi connectivity index (χ4v) is 1.45. The summed E-state index contributed by atoms with van der Waals surface area (Å²) in [6, 6.07) is 5.90. The summed E-state index contributed by atoms with van der Waals surface area (Å²) in [5.74, 6) is -1.08. The first-order valence-corrected chi connectivity index (χ1v) is 5.61. The Morgan fingerprint density at radius 3 is 2.47 bits per heavy atom. The number of aromatic nitrogens is 1. The predicted molar refractivity (Wildman–Crippen MR) is 66.3 cm³/mol. The summed E-state index contributed by atoms with van der Waals surface area (Å²) in [7, 11) is 0. The Morgan fingerprint density at radius 2 is 1.84 bits per heavy atom. The molecule has 0 atom stereocenters. The molecule has 0 bridgehead atoms. The minimum absolute atomic E-state index is 0.0113. The second-order valence-corrected chi connectivity index (χ2v) is 3.68. The number of rotatable bonds is 4. The van der Waals surface area contributed by atoms with Gasteiger partial charge in [-0.2, -0.15) is 4.98 Å². The molecule has 0 aliphatic carbocycles. The van der Waals surface area contributed by atoms with Crippen LogP contribution in [0.4, 0.5) is 14.5 Å². The lowest BCUT2D eigenvalue weighted by atomic mass is 10.3. The summed E-state index contributed by atoms with van der Waals surface area (Å²) in [4.78, 5) is 4.00. The van der Waals surface area contributed by atoms with E-state index in [4.69, 9.17) is 15.2 Å². The lowest BCUT2D eigenvalue weighted by Gasteiger charge is -2.09. The third-order valence-corrected chi connectivity index (χ3v) is 2.20. The van der Waals surface area contributed by atoms with Gasteiger partial charge in [0.05, 0.1) is 12.3 Å². The molecule has 0 fully saturated rings. The van der Waals surface area contributed by atoms with Crippen LogP contribution < -0.4 is 15.2 Å². The number of benzene rings is 1. The van der Waals surface area contributed by atoms with Gasteiger partial charge >= 0.3 is 0 Å². The van der Waals surface area contributed by atoms with Gasteiger partial charge in [0.1, 0.15) is 17.4 Å². The fraction of sp³-hybridized carbons (Fsp3) is 0.154. The summed E-state index contributed by atoms with van der Waals surface area (Å²) in [6.07, 6.45) is 0. The van der Waals surface area contributed by atoms with Crippen LogP contribution in [0.25, 0.3) is 0 Å². The van der Waals surface area contributed by atoms with Crippen LogP contribution in [0.3, 0.4) is 0 Å². The van der Waals surface area contributed by atoms with Crippen LogP contribution in [0, 0.1) is 11.6 Å². The second kappa shape index (κ2) is 5.51. The van der Waals surface area contributed by atoms with Crippen molar-refractivity contribution in [1.29, 1.82) is 0 Å². The van der Waals surface area contributed by atoms with Crippen molar-refractivity contribution in [2.45, 2.75) is 6.92 Å². The summed E-state index contributed by atoms with van der Waals surface area (Å²) in [6.45, 7) is 2.19. The molecule has 0 unspecified atom stereocenters. The number of hydrogen-bond donors (Lipinski definition) is 1. The van der Waals surface area contributed by atoms with Crippen LogP contribution in [0.5, 0.6) is 17.5 Å². The van der Waals surface area contributed by atoms with Crippen LogP contribution in [0.15, 0.2) is 30.3 Å². The van der Waals surface area contributed by atoms with Gasteiger partial charge in [-0.15, -0.1) is 0 Å². The lowest BCUT2D eigenvalue weighted by Crippen LogP contribution is -2.00. The van der Waals surface area contributed by atoms with Crippen LogP contribution >= 0.6 is 0 Å². The number of nitrogens with two attached hydrogens (primary N) is 1. The van der Waals surface area contributed by atoms with Gasteiger partial charge in [-0.05, 0) is 13.0 Å². The van der Waals surface area contributed by atoms with E-state index in [0.717, 1.165) is 18.2 Å². The molecule has 0 saturated carbocycles. The van der Waals surface area contributed by atoms with Crippen LogP contribution in [0.1, 0.15) is 6.92 Å². The van der Waals surface area contributed by atoms with Gasteiger partial charge in [0.25, 0.3) is 0 Å². The van der Waals surface area contributed by atoms with Crippen molar-refractivity contribution in [1.82, 2.24) is 4.98 Å². The molecule has 2 N–H and O–H groups in total. The van der Waals surface area contributed by atoms with Crippen LogP contribution in [-0.2, 0) is 0 Å². The molecule has 19 heavy (non-hydrogen) atoms. The molecule has 0 saturated heterocycles. The quantitative estimate of drug-likeness (QED) is 0.923. The van der Waals surface area contributed by atoms with Crippen molar-refractivity contribution in [2.24, 2.45) is 0 Å². The van der Waals surface area contributed by atoms with Gasteiger partial charge in [0.15, 0.2) is 0 Å². The average molecular weight is 266 g/mol. The number of halogens is 2. The van der Waals surface area contributed by atoms with Crippen LogP contribution in [-0.4, -0.2) is 11.6 Å². The zero-order valence-electron chi connectivity index (χ0n) is 10.2. The second-order valence-electron chi connectivity index (χ2n) is 3.68. The molecule has 0 aliphatic heterocycles. The van der Waals surface area contributed by atoms with E-state index in [-0.39, 0.29) is 17.5 Å². The number of ether oxygens (including phenoxy) is 2. The van der Waals surface area contributed by atoms with E-state index < -0.39 is 11.6 Å². The van der Waals surface area contributed by atoms with E-state index in [1.807, 2.05) is 0 Å². The maximum atomic E-state index is 13.0. The molecule has 100 valence electrons. The molecule has 1 aromatic heterocycles. The van der Waals surface area contributed by atoms with Crippen molar-refractivity contribution in [3.63, 3.8) is 0 Å². The van der Waals surface area contributed by atoms with Crippen molar-refractivity contribution >= 4 is 5.69 Å². The Labute approximate surface area is 108 Å². The molecule has 0 spiro atoms. The number of anilines is 1. The summed E-state index contributed by atoms with van der Waals surface area (Å²) < 4.78 is 36.5. The molecular weight excluding hydrogens is 254 g/mol. The maximum absolute atomic E-state index is 13.0. The number of hydrogen-bond acceptors (Lipinski definition) is 4. The highest BCUT2D eigenvalue weighted by atomic mass is 19.1. The molecule has 0 radical (unpaired) electrons. The summed E-state index contributed by atoms with van der Waals surface area (Å²) in [5.41, 5.74) is 6.01. The topological polar surface area (TPSA) is 57.4 Å². The van der Waals surface area contributed by atoms with Crippen molar-refractivity contribution in [3.05, 3.63) is 42.0 Å². The van der Waals surface area contributed by atoms with Gasteiger partial charge in [-0.3, -0.25) is 0 Å². The van der Waals surface area contributed by atoms with Gasteiger partial charge in [-0.1, -0.05) is 0 Å². The Kier molecular flexibility index (Phi) is 3.79. The predicted octanol–water partition coefficient (Wildman–Crippen LogP) is 3.13. The molecular formula is C13H12F2N2O2. The molecule has 2 rings (SSSR count). The first-order chi connectivity index (χ1) is 9.08. The zero-order valence-corrected chi connectivity index (χ0v) is 10.2. The Balaban J connectivity index is 2.25. The number of nitrogens with zero attached hydrogens (tertiary/aromatic N) is 1. The van der Waals surface area contributed by atoms with Gasteiger partial charge < -0.3 is 15.2 Å². The molecule has 1 aromatic carbocycles. The normalized spacial score (nSPS) is 10.3. The Bertz CT molecular complexity index is 571. The average Bonchev–Trinajstić information content (AvgIpc) is 2.32. The largest absolute Gasteiger partial charge is 0.476 e. The van der Waals surface area contributed by atoms with E-state index in [0.29, 0.717) is 12.3 Å². The monoisotopic (exact) mass is 266 g/mol. The number of pyridine rings is 1. The van der Waals surface area contributed by atoms with Crippen molar-refractivity contribution in [3.8, 4) is 17.5 Å². The van der Waals surface area contributed by atoms with Crippen molar-refractivity contribution < 1.29 is 18.3 Å². The zero-order chi connectivity index (χ0) is 13.8. The van der Waals surface area contributed by atoms with E-state index >= 15 is 0 Å². The summed E-state index contributed by atoms with van der Waals surface area (Å²) >= 11 is 0. The molecule has 2 aromatic rings. The molecule has 0 amide bonds. The third-order valence-electron chi connectivity index (χ3n) is 2.20. The maximum Gasteiger partial charge on any atom is 0.240 e. The molecule has 6 heteroatoms. The standard InChI is InChI=1S/C13H12F2N2O2/c1-2-18-13-11(16)3-4-12(17-13)19-10-6-8(14)5-9(15)7-10/h3-7H,2,16H2,1H3. The van der Waals surface area contributed by atoms with Gasteiger partial charge in [-0.25, -0.2) is 8.78 Å². The SMILES string of the molecule is CCOc1nc(Oc2cc(F)cc(F)c2)ccc1N. The summed E-state index contributed by atoms with van der Waals surface area (Å²) in [5, 5.41) is 0. The van der Waals surface area contributed by atoms with Crippen LogP contribution in [0.2, 0.25) is 0 Å². The minimum Gasteiger partial charge on any atom is -0.476 e. The Morgan fingerprint density at radius 1 is 1.16 bits per heavy atom. The van der Waals surface area contributed by atoms with E-state index in [2.05, 4.69) is 4.98 Å². The third kappa shape index (κ3) is 3.31. The molecule has 0 aliphatic rings. The first-order valence-electron chi connectivity index (χ1n) is 5.61. The smallest absolute Gasteiger partial charge is 0.240 e. The van der Waals surface area contributed by atoms with E-state index in [1.165, 1.54) is 6.07 Å². The Hall–Kier alpha value is -2.37. The molecule has 1 heterocycles. The first kappa shape index (κ1) is 13.1. The lowest BCUT2D eigenvalue weighted by molar-refractivity contribution is 0.323.